The number of terminal acetylenes is 1. The first-order chi connectivity index (χ1) is 6.76. The Kier molecular flexibility index (Phi) is 4.48. The van der Waals surface area contributed by atoms with Crippen LogP contribution in [0.25, 0.3) is 0 Å². The molecule has 14 heavy (non-hydrogen) atoms. The zero-order valence-corrected chi connectivity index (χ0v) is 8.68. The normalized spacial score (nSPS) is 17.1. The highest BCUT2D eigenvalue weighted by molar-refractivity contribution is 5.78. The molecule has 0 radical (unpaired) electrons. The van der Waals surface area contributed by atoms with Crippen LogP contribution in [-0.4, -0.2) is 24.5 Å². The van der Waals surface area contributed by atoms with Gasteiger partial charge in [0.15, 0.2) is 0 Å². The van der Waals surface area contributed by atoms with E-state index in [0.29, 0.717) is 12.6 Å². The smallest absolute Gasteiger partial charge is 0.234 e. The summed E-state index contributed by atoms with van der Waals surface area (Å²) in [6.45, 7) is 2.42. The minimum absolute atomic E-state index is 0.0324. The molecule has 1 aliphatic carbocycles. The standard InChI is InChI=1S/C11H18N2O/c1-3-5-9(4-2)12-8-11(14)13-10-6-7-10/h2,9-10,12H,3,5-8H2,1H3,(H,13,14). The fraction of sp³-hybridized carbons (Fsp3) is 0.727. The van der Waals surface area contributed by atoms with Crippen molar-refractivity contribution >= 4 is 5.91 Å². The van der Waals surface area contributed by atoms with E-state index in [9.17, 15) is 4.79 Å². The molecule has 1 unspecified atom stereocenters. The second kappa shape index (κ2) is 5.66. The molecule has 0 saturated heterocycles. The first-order valence-corrected chi connectivity index (χ1v) is 5.25. The lowest BCUT2D eigenvalue weighted by Crippen LogP contribution is -2.39. The van der Waals surface area contributed by atoms with E-state index >= 15 is 0 Å². The van der Waals surface area contributed by atoms with Crippen LogP contribution >= 0.6 is 0 Å². The van der Waals surface area contributed by atoms with Gasteiger partial charge in [0, 0.05) is 6.04 Å². The maximum Gasteiger partial charge on any atom is 0.234 e. The lowest BCUT2D eigenvalue weighted by molar-refractivity contribution is -0.120. The molecule has 1 rings (SSSR count). The Labute approximate surface area is 85.6 Å². The van der Waals surface area contributed by atoms with Crippen molar-refractivity contribution in [1.29, 1.82) is 0 Å². The van der Waals surface area contributed by atoms with Crippen LogP contribution in [0.4, 0.5) is 0 Å². The van der Waals surface area contributed by atoms with Crippen molar-refractivity contribution in [1.82, 2.24) is 10.6 Å². The molecule has 78 valence electrons. The Bertz CT molecular complexity index is 228. The molecule has 1 aliphatic rings. The van der Waals surface area contributed by atoms with Gasteiger partial charge in [-0.15, -0.1) is 6.42 Å². The number of carbonyl (C=O) groups excluding carboxylic acids is 1. The molecule has 0 aromatic rings. The van der Waals surface area contributed by atoms with Gasteiger partial charge in [0.25, 0.3) is 0 Å². The van der Waals surface area contributed by atoms with Crippen molar-refractivity contribution in [3.05, 3.63) is 0 Å². The first-order valence-electron chi connectivity index (χ1n) is 5.25. The highest BCUT2D eigenvalue weighted by Crippen LogP contribution is 2.18. The molecule has 0 spiro atoms. The van der Waals surface area contributed by atoms with Crippen LogP contribution < -0.4 is 10.6 Å². The summed E-state index contributed by atoms with van der Waals surface area (Å²) in [5.41, 5.74) is 0. The SMILES string of the molecule is C#CC(CCC)NCC(=O)NC1CC1. The van der Waals surface area contributed by atoms with E-state index in [4.69, 9.17) is 6.42 Å². The van der Waals surface area contributed by atoms with Gasteiger partial charge in [-0.05, 0) is 19.3 Å². The van der Waals surface area contributed by atoms with Crippen LogP contribution in [0.2, 0.25) is 0 Å². The van der Waals surface area contributed by atoms with Crippen LogP contribution in [0, 0.1) is 12.3 Å². The quantitative estimate of drug-likeness (QED) is 0.610. The van der Waals surface area contributed by atoms with Gasteiger partial charge in [-0.3, -0.25) is 10.1 Å². The Morgan fingerprint density at radius 1 is 1.64 bits per heavy atom. The lowest BCUT2D eigenvalue weighted by atomic mass is 10.2. The topological polar surface area (TPSA) is 41.1 Å². The third kappa shape index (κ3) is 4.29. The molecule has 0 aromatic carbocycles. The monoisotopic (exact) mass is 194 g/mol. The number of carbonyl (C=O) groups is 1. The number of rotatable bonds is 6. The van der Waals surface area contributed by atoms with Crippen LogP contribution in [0.5, 0.6) is 0 Å². The molecular formula is C11H18N2O. The summed E-state index contributed by atoms with van der Waals surface area (Å²) in [6, 6.07) is 0.463. The average molecular weight is 194 g/mol. The predicted octanol–water partition coefficient (Wildman–Crippen LogP) is 0.656. The zero-order chi connectivity index (χ0) is 10.4. The van der Waals surface area contributed by atoms with Crippen LogP contribution in [0.3, 0.4) is 0 Å². The number of amides is 1. The van der Waals surface area contributed by atoms with Crippen LogP contribution in [0.1, 0.15) is 32.6 Å². The van der Waals surface area contributed by atoms with Gasteiger partial charge in [0.2, 0.25) is 5.91 Å². The van der Waals surface area contributed by atoms with Gasteiger partial charge in [0.05, 0.1) is 12.6 Å². The predicted molar refractivity (Wildman–Crippen MR) is 56.7 cm³/mol. The van der Waals surface area contributed by atoms with E-state index in [1.54, 1.807) is 0 Å². The maximum absolute atomic E-state index is 11.3. The Morgan fingerprint density at radius 2 is 2.36 bits per heavy atom. The molecule has 1 saturated carbocycles. The van der Waals surface area contributed by atoms with Crippen LogP contribution in [-0.2, 0) is 4.79 Å². The number of nitrogens with one attached hydrogen (secondary N) is 2. The Balaban J connectivity index is 2.10. The van der Waals surface area contributed by atoms with Crippen molar-refractivity contribution < 1.29 is 4.79 Å². The number of hydrogen-bond donors (Lipinski definition) is 2. The summed E-state index contributed by atoms with van der Waals surface area (Å²) in [7, 11) is 0. The molecule has 0 aliphatic heterocycles. The van der Waals surface area contributed by atoms with E-state index in [1.807, 2.05) is 0 Å². The van der Waals surface area contributed by atoms with E-state index in [-0.39, 0.29) is 11.9 Å². The summed E-state index contributed by atoms with van der Waals surface area (Å²) >= 11 is 0. The second-order valence-electron chi connectivity index (χ2n) is 3.73. The highest BCUT2D eigenvalue weighted by Gasteiger charge is 2.22. The van der Waals surface area contributed by atoms with Gasteiger partial charge in [-0.1, -0.05) is 19.3 Å². The summed E-state index contributed by atoms with van der Waals surface area (Å²) in [5, 5.41) is 5.96. The lowest BCUT2D eigenvalue weighted by Gasteiger charge is -2.11. The largest absolute Gasteiger partial charge is 0.352 e. The van der Waals surface area contributed by atoms with Gasteiger partial charge in [-0.25, -0.2) is 0 Å². The zero-order valence-electron chi connectivity index (χ0n) is 8.68. The van der Waals surface area contributed by atoms with Crippen molar-refractivity contribution in [3.63, 3.8) is 0 Å². The van der Waals surface area contributed by atoms with Gasteiger partial charge < -0.3 is 5.32 Å². The Morgan fingerprint density at radius 3 is 2.86 bits per heavy atom. The molecular weight excluding hydrogens is 176 g/mol. The molecule has 0 heterocycles. The fourth-order valence-electron chi connectivity index (χ4n) is 1.26. The first kappa shape index (κ1) is 11.1. The summed E-state index contributed by atoms with van der Waals surface area (Å²) in [4.78, 5) is 11.3. The summed E-state index contributed by atoms with van der Waals surface area (Å²) < 4.78 is 0. The molecule has 3 heteroatoms. The second-order valence-corrected chi connectivity index (χ2v) is 3.73. The minimum Gasteiger partial charge on any atom is -0.352 e. The van der Waals surface area contributed by atoms with Crippen LogP contribution in [0.15, 0.2) is 0 Å². The molecule has 3 nitrogen and oxygen atoms in total. The van der Waals surface area contributed by atoms with Crippen molar-refractivity contribution in [2.24, 2.45) is 0 Å². The minimum atomic E-state index is 0.0324. The van der Waals surface area contributed by atoms with E-state index in [1.165, 1.54) is 0 Å². The van der Waals surface area contributed by atoms with Crippen molar-refractivity contribution in [2.45, 2.75) is 44.7 Å². The van der Waals surface area contributed by atoms with E-state index < -0.39 is 0 Å². The van der Waals surface area contributed by atoms with Gasteiger partial charge in [-0.2, -0.15) is 0 Å². The summed E-state index contributed by atoms with van der Waals surface area (Å²) in [5.74, 6) is 2.70. The van der Waals surface area contributed by atoms with Gasteiger partial charge >= 0.3 is 0 Å². The van der Waals surface area contributed by atoms with E-state index in [0.717, 1.165) is 25.7 Å². The molecule has 0 aromatic heterocycles. The summed E-state index contributed by atoms with van der Waals surface area (Å²) in [6.07, 6.45) is 9.52. The number of hydrogen-bond acceptors (Lipinski definition) is 2. The maximum atomic E-state index is 11.3. The van der Waals surface area contributed by atoms with Crippen molar-refractivity contribution in [3.8, 4) is 12.3 Å². The third-order valence-corrected chi connectivity index (χ3v) is 2.23. The molecule has 1 fully saturated rings. The highest BCUT2D eigenvalue weighted by atomic mass is 16.2. The van der Waals surface area contributed by atoms with Crippen molar-refractivity contribution in [2.75, 3.05) is 6.54 Å². The molecule has 2 N–H and O–H groups in total. The third-order valence-electron chi connectivity index (χ3n) is 2.23. The average Bonchev–Trinajstić information content (AvgIpc) is 2.96. The Hall–Kier alpha value is -1.01. The van der Waals surface area contributed by atoms with Gasteiger partial charge in [0.1, 0.15) is 0 Å². The fourth-order valence-corrected chi connectivity index (χ4v) is 1.26. The van der Waals surface area contributed by atoms with E-state index in [2.05, 4.69) is 23.5 Å². The molecule has 1 atom stereocenters. The molecule has 1 amide bonds. The molecule has 0 bridgehead atoms.